The van der Waals surface area contributed by atoms with Crippen LogP contribution >= 0.6 is 23.4 Å². The van der Waals surface area contributed by atoms with E-state index in [-0.39, 0.29) is 11.7 Å². The van der Waals surface area contributed by atoms with Crippen molar-refractivity contribution < 1.29 is 9.59 Å². The van der Waals surface area contributed by atoms with Crippen molar-refractivity contribution in [2.24, 2.45) is 0 Å². The number of Topliss-reactive ketones (excluding diaryl/α,β-unsaturated/α-hetero) is 1. The summed E-state index contributed by atoms with van der Waals surface area (Å²) in [5.74, 6) is 0.873. The zero-order valence-corrected chi connectivity index (χ0v) is 14.4. The highest BCUT2D eigenvalue weighted by molar-refractivity contribution is 7.99. The molecule has 3 nitrogen and oxygen atoms in total. The van der Waals surface area contributed by atoms with E-state index in [9.17, 15) is 9.59 Å². The number of ketones is 1. The summed E-state index contributed by atoms with van der Waals surface area (Å²) >= 11 is 7.54. The predicted molar refractivity (Wildman–Crippen MR) is 96.5 cm³/mol. The SMILES string of the molecule is CC(=O)c1ccc(NC(=O)CCCSc2ccc(Cl)cc2)cc1. The van der Waals surface area contributed by atoms with Gasteiger partial charge in [-0.2, -0.15) is 0 Å². The standard InChI is InChI=1S/C18H18ClNO2S/c1-13(21)14-4-8-16(9-5-14)20-18(22)3-2-12-23-17-10-6-15(19)7-11-17/h4-11H,2-3,12H2,1H3,(H,20,22). The molecule has 2 aromatic rings. The Bertz CT molecular complexity index is 668. The fourth-order valence-corrected chi connectivity index (χ4v) is 2.94. The minimum absolute atomic E-state index is 0.0158. The molecule has 0 spiro atoms. The molecule has 0 radical (unpaired) electrons. The maximum atomic E-state index is 11.9. The average Bonchev–Trinajstić information content (AvgIpc) is 2.54. The van der Waals surface area contributed by atoms with Crippen LogP contribution in [0.2, 0.25) is 5.02 Å². The van der Waals surface area contributed by atoms with Gasteiger partial charge in [-0.15, -0.1) is 11.8 Å². The van der Waals surface area contributed by atoms with Gasteiger partial charge in [0.2, 0.25) is 5.91 Å². The van der Waals surface area contributed by atoms with Gasteiger partial charge in [0.25, 0.3) is 0 Å². The van der Waals surface area contributed by atoms with Gasteiger partial charge in [0, 0.05) is 27.6 Å². The molecule has 0 aromatic heterocycles. The number of carbonyl (C=O) groups is 2. The second-order valence-corrected chi connectivity index (χ2v) is 6.69. The molecule has 0 fully saturated rings. The smallest absolute Gasteiger partial charge is 0.224 e. The largest absolute Gasteiger partial charge is 0.326 e. The van der Waals surface area contributed by atoms with Crippen LogP contribution in [-0.2, 0) is 4.79 Å². The summed E-state index contributed by atoms with van der Waals surface area (Å²) in [5.41, 5.74) is 1.35. The zero-order chi connectivity index (χ0) is 16.7. The first kappa shape index (κ1) is 17.6. The van der Waals surface area contributed by atoms with E-state index in [1.807, 2.05) is 24.3 Å². The minimum atomic E-state index is -0.0164. The number of hydrogen-bond acceptors (Lipinski definition) is 3. The topological polar surface area (TPSA) is 46.2 Å². The lowest BCUT2D eigenvalue weighted by molar-refractivity contribution is -0.116. The third kappa shape index (κ3) is 6.08. The van der Waals surface area contributed by atoms with Crippen LogP contribution in [0.15, 0.2) is 53.4 Å². The van der Waals surface area contributed by atoms with E-state index in [2.05, 4.69) is 5.32 Å². The van der Waals surface area contributed by atoms with Crippen LogP contribution in [0.25, 0.3) is 0 Å². The van der Waals surface area contributed by atoms with Crippen LogP contribution in [0.4, 0.5) is 5.69 Å². The summed E-state index contributed by atoms with van der Waals surface area (Å²) in [5, 5.41) is 3.56. The zero-order valence-electron chi connectivity index (χ0n) is 12.8. The lowest BCUT2D eigenvalue weighted by Crippen LogP contribution is -2.11. The van der Waals surface area contributed by atoms with E-state index in [1.165, 1.54) is 6.92 Å². The Hall–Kier alpha value is -1.78. The molecule has 0 heterocycles. The van der Waals surface area contributed by atoms with E-state index < -0.39 is 0 Å². The fraction of sp³-hybridized carbons (Fsp3) is 0.222. The first-order valence-corrected chi connectivity index (χ1v) is 8.70. The maximum absolute atomic E-state index is 11.9. The van der Waals surface area contributed by atoms with Gasteiger partial charge in [0.15, 0.2) is 5.78 Å². The monoisotopic (exact) mass is 347 g/mol. The molecule has 0 saturated carbocycles. The second-order valence-electron chi connectivity index (χ2n) is 5.09. The van der Waals surface area contributed by atoms with E-state index in [0.29, 0.717) is 17.7 Å². The van der Waals surface area contributed by atoms with Crippen molar-refractivity contribution in [1.82, 2.24) is 0 Å². The van der Waals surface area contributed by atoms with E-state index in [1.54, 1.807) is 36.0 Å². The quantitative estimate of drug-likeness (QED) is 0.433. The normalized spacial score (nSPS) is 10.3. The number of rotatable bonds is 7. The first-order chi connectivity index (χ1) is 11.0. The number of hydrogen-bond donors (Lipinski definition) is 1. The molecule has 2 aromatic carbocycles. The lowest BCUT2D eigenvalue weighted by Gasteiger charge is -2.06. The van der Waals surface area contributed by atoms with Gasteiger partial charge < -0.3 is 5.32 Å². The fourth-order valence-electron chi connectivity index (χ4n) is 1.97. The van der Waals surface area contributed by atoms with Crippen molar-refractivity contribution in [1.29, 1.82) is 0 Å². The van der Waals surface area contributed by atoms with Crippen molar-refractivity contribution in [2.75, 3.05) is 11.1 Å². The van der Waals surface area contributed by atoms with Gasteiger partial charge in [-0.25, -0.2) is 0 Å². The molecule has 1 N–H and O–H groups in total. The molecule has 120 valence electrons. The van der Waals surface area contributed by atoms with Crippen molar-refractivity contribution in [3.8, 4) is 0 Å². The van der Waals surface area contributed by atoms with Gasteiger partial charge in [0.05, 0.1) is 0 Å². The van der Waals surface area contributed by atoms with Gasteiger partial charge >= 0.3 is 0 Å². The van der Waals surface area contributed by atoms with E-state index in [4.69, 9.17) is 11.6 Å². The number of halogens is 1. The number of anilines is 1. The van der Waals surface area contributed by atoms with Crippen LogP contribution < -0.4 is 5.32 Å². The summed E-state index contributed by atoms with van der Waals surface area (Å²) in [6.07, 6.45) is 1.26. The third-order valence-electron chi connectivity index (χ3n) is 3.21. The molecule has 0 unspecified atom stereocenters. The van der Waals surface area contributed by atoms with Crippen molar-refractivity contribution in [2.45, 2.75) is 24.7 Å². The van der Waals surface area contributed by atoms with Gasteiger partial charge in [0.1, 0.15) is 0 Å². The number of thioether (sulfide) groups is 1. The summed E-state index contributed by atoms with van der Waals surface area (Å²) in [7, 11) is 0. The summed E-state index contributed by atoms with van der Waals surface area (Å²) < 4.78 is 0. The lowest BCUT2D eigenvalue weighted by atomic mass is 10.1. The Balaban J connectivity index is 1.70. The van der Waals surface area contributed by atoms with E-state index >= 15 is 0 Å². The van der Waals surface area contributed by atoms with Crippen molar-refractivity contribution in [3.05, 3.63) is 59.1 Å². The Morgan fingerprint density at radius 2 is 1.70 bits per heavy atom. The third-order valence-corrected chi connectivity index (χ3v) is 4.56. The molecule has 5 heteroatoms. The molecule has 0 bridgehead atoms. The Morgan fingerprint density at radius 1 is 1.04 bits per heavy atom. The van der Waals surface area contributed by atoms with Crippen molar-refractivity contribution >= 4 is 40.7 Å². The Kier molecular flexibility index (Phi) is 6.68. The number of benzene rings is 2. The number of nitrogens with one attached hydrogen (secondary N) is 1. The van der Waals surface area contributed by atoms with Crippen LogP contribution in [0, 0.1) is 0 Å². The Labute approximate surface area is 145 Å². The summed E-state index contributed by atoms with van der Waals surface area (Å²) in [4.78, 5) is 24.2. The minimum Gasteiger partial charge on any atom is -0.326 e. The van der Waals surface area contributed by atoms with Gasteiger partial charge in [-0.05, 0) is 67.6 Å². The number of carbonyl (C=O) groups excluding carboxylic acids is 2. The molecule has 1 amide bonds. The summed E-state index contributed by atoms with van der Waals surface area (Å²) in [6, 6.07) is 14.6. The van der Waals surface area contributed by atoms with Crippen LogP contribution in [0.5, 0.6) is 0 Å². The first-order valence-electron chi connectivity index (χ1n) is 7.34. The molecular formula is C18H18ClNO2S. The molecule has 2 rings (SSSR count). The molecule has 0 atom stereocenters. The molecule has 0 aliphatic rings. The molecule has 0 aliphatic carbocycles. The van der Waals surface area contributed by atoms with Crippen molar-refractivity contribution in [3.63, 3.8) is 0 Å². The van der Waals surface area contributed by atoms with Crippen LogP contribution in [-0.4, -0.2) is 17.4 Å². The van der Waals surface area contributed by atoms with Gasteiger partial charge in [-0.1, -0.05) is 11.6 Å². The molecule has 23 heavy (non-hydrogen) atoms. The molecule has 0 saturated heterocycles. The average molecular weight is 348 g/mol. The van der Waals surface area contributed by atoms with Crippen LogP contribution in [0.3, 0.4) is 0 Å². The maximum Gasteiger partial charge on any atom is 0.224 e. The highest BCUT2D eigenvalue weighted by atomic mass is 35.5. The number of amides is 1. The van der Waals surface area contributed by atoms with E-state index in [0.717, 1.165) is 22.1 Å². The van der Waals surface area contributed by atoms with Gasteiger partial charge in [-0.3, -0.25) is 9.59 Å². The molecule has 0 aliphatic heterocycles. The predicted octanol–water partition coefficient (Wildman–Crippen LogP) is 5.05. The highest BCUT2D eigenvalue weighted by Crippen LogP contribution is 2.21. The van der Waals surface area contributed by atoms with Crippen LogP contribution in [0.1, 0.15) is 30.1 Å². The highest BCUT2D eigenvalue weighted by Gasteiger charge is 2.04. The second kappa shape index (κ2) is 8.75. The summed E-state index contributed by atoms with van der Waals surface area (Å²) in [6.45, 7) is 1.52. The Morgan fingerprint density at radius 3 is 2.30 bits per heavy atom. The molecular weight excluding hydrogens is 330 g/mol.